The first-order valence-electron chi connectivity index (χ1n) is 1.08. The van der Waals surface area contributed by atoms with Crippen LogP contribution in [-0.4, -0.2) is 13.2 Å². The van der Waals surface area contributed by atoms with Crippen molar-refractivity contribution in [3.8, 4) is 0 Å². The second-order valence-electron chi connectivity index (χ2n) is 0.612. The molecule has 1 saturated heterocycles. The molecule has 1 nitrogen and oxygen atoms in total. The van der Waals surface area contributed by atoms with Crippen molar-refractivity contribution in [2.45, 2.75) is 0 Å². The van der Waals surface area contributed by atoms with Gasteiger partial charge in [0.05, 0.1) is 13.2 Å². The molecule has 0 aromatic heterocycles. The quantitative estimate of drug-likeness (QED) is 0.227. The average Bonchev–Trinajstić information content (AvgIpc) is 1.46. The van der Waals surface area contributed by atoms with Crippen LogP contribution in [-0.2, 0) is 4.74 Å². The molecule has 0 atom stereocenters. The van der Waals surface area contributed by atoms with Gasteiger partial charge in [0.25, 0.3) is 0 Å². The Labute approximate surface area is 69.6 Å². The van der Waals surface area contributed by atoms with E-state index in [9.17, 15) is 0 Å². The van der Waals surface area contributed by atoms with Crippen LogP contribution in [0.5, 0.6) is 0 Å². The Kier molecular flexibility index (Phi) is 3.94. The van der Waals surface area contributed by atoms with Gasteiger partial charge < -0.3 is 6.16 Å². The van der Waals surface area contributed by atoms with Crippen molar-refractivity contribution in [2.24, 2.45) is 0 Å². The molecule has 0 unspecified atom stereocenters. The van der Waals surface area contributed by atoms with E-state index < -0.39 is 0 Å². The molecule has 2 heteroatoms. The van der Waals surface area contributed by atoms with Crippen LogP contribution >= 0.6 is 0 Å². The Balaban J connectivity index is 0. The van der Waals surface area contributed by atoms with Crippen molar-refractivity contribution >= 4 is 0 Å². The molecule has 0 bridgehead atoms. The van der Waals surface area contributed by atoms with E-state index >= 15 is 0 Å². The molecule has 0 aromatic rings. The molecule has 0 aliphatic carbocycles. The van der Waals surface area contributed by atoms with Crippen LogP contribution < -0.4 is 51.4 Å². The zero-order valence-corrected chi connectivity index (χ0v) is 5.95. The predicted octanol–water partition coefficient (Wildman–Crippen LogP) is -2.87. The van der Waals surface area contributed by atoms with E-state index in [4.69, 9.17) is 0 Å². The largest absolute Gasteiger partial charge is 1.00 e. The SMILES string of the molecule is C1CO1.[H-].[K+]. The summed E-state index contributed by atoms with van der Waals surface area (Å²) < 4.78 is 4.50. The smallest absolute Gasteiger partial charge is 1.00 e. The van der Waals surface area contributed by atoms with Crippen LogP contribution in [0, 0.1) is 0 Å². The van der Waals surface area contributed by atoms with Crippen LogP contribution in [0.4, 0.5) is 0 Å². The minimum absolute atomic E-state index is 0. The van der Waals surface area contributed by atoms with Crippen molar-refractivity contribution in [3.63, 3.8) is 0 Å². The molecule has 4 heavy (non-hydrogen) atoms. The zero-order valence-electron chi connectivity index (χ0n) is 3.82. The van der Waals surface area contributed by atoms with Gasteiger partial charge in [0, 0.05) is 0 Å². The second-order valence-corrected chi connectivity index (χ2v) is 0.612. The summed E-state index contributed by atoms with van der Waals surface area (Å²) >= 11 is 0. The van der Waals surface area contributed by atoms with Gasteiger partial charge >= 0.3 is 51.4 Å². The second kappa shape index (κ2) is 2.81. The van der Waals surface area contributed by atoms with E-state index in [1.165, 1.54) is 0 Å². The normalized spacial score (nSPS) is 18.0. The molecule has 1 heterocycles. The van der Waals surface area contributed by atoms with Gasteiger partial charge in [-0.3, -0.25) is 0 Å². The van der Waals surface area contributed by atoms with Crippen LogP contribution in [0.25, 0.3) is 0 Å². The predicted molar refractivity (Wildman–Crippen MR) is 11.9 cm³/mol. The van der Waals surface area contributed by atoms with Gasteiger partial charge in [-0.1, -0.05) is 0 Å². The van der Waals surface area contributed by atoms with Gasteiger partial charge in [-0.05, 0) is 0 Å². The maximum absolute atomic E-state index is 4.50. The van der Waals surface area contributed by atoms with Gasteiger partial charge in [-0.15, -0.1) is 0 Å². The van der Waals surface area contributed by atoms with Gasteiger partial charge in [-0.25, -0.2) is 0 Å². The molecular formula is C2H5KO. The van der Waals surface area contributed by atoms with Gasteiger partial charge in [-0.2, -0.15) is 0 Å². The summed E-state index contributed by atoms with van der Waals surface area (Å²) in [6.45, 7) is 2.00. The standard InChI is InChI=1S/C2H4O.K.H/c1-2-3-1;;/h1-2H2;;/q;+1;-1. The molecule has 1 fully saturated rings. The van der Waals surface area contributed by atoms with E-state index in [0.29, 0.717) is 0 Å². The van der Waals surface area contributed by atoms with Gasteiger partial charge in [0.1, 0.15) is 0 Å². The monoisotopic (exact) mass is 84.0 g/mol. The maximum atomic E-state index is 4.50. The van der Waals surface area contributed by atoms with E-state index in [-0.39, 0.29) is 52.8 Å². The zero-order chi connectivity index (χ0) is 2.12. The summed E-state index contributed by atoms with van der Waals surface area (Å²) in [7, 11) is 0. The van der Waals surface area contributed by atoms with Crippen molar-refractivity contribution in [3.05, 3.63) is 0 Å². The number of epoxide rings is 1. The van der Waals surface area contributed by atoms with Crippen molar-refractivity contribution in [1.82, 2.24) is 0 Å². The maximum Gasteiger partial charge on any atom is 1.00 e. The molecule has 0 spiro atoms. The van der Waals surface area contributed by atoms with E-state index in [2.05, 4.69) is 4.74 Å². The first kappa shape index (κ1) is 5.60. The summed E-state index contributed by atoms with van der Waals surface area (Å²) in [6, 6.07) is 0. The molecule has 0 aromatic carbocycles. The van der Waals surface area contributed by atoms with Gasteiger partial charge in [0.15, 0.2) is 0 Å². The van der Waals surface area contributed by atoms with Crippen molar-refractivity contribution < 1.29 is 57.5 Å². The molecule has 1 aliphatic heterocycles. The van der Waals surface area contributed by atoms with Crippen LogP contribution in [0.15, 0.2) is 0 Å². The molecule has 1 rings (SSSR count). The number of ether oxygens (including phenoxy) is 1. The minimum Gasteiger partial charge on any atom is -1.00 e. The Morgan fingerprint density at radius 1 is 1.50 bits per heavy atom. The molecule has 0 amide bonds. The number of hydrogen-bond acceptors (Lipinski definition) is 1. The first-order chi connectivity index (χ1) is 1.50. The summed E-state index contributed by atoms with van der Waals surface area (Å²) in [5.74, 6) is 0. The Morgan fingerprint density at radius 3 is 1.75 bits per heavy atom. The third-order valence-corrected chi connectivity index (χ3v) is 0.204. The minimum atomic E-state index is 0. The summed E-state index contributed by atoms with van der Waals surface area (Å²) in [4.78, 5) is 0. The van der Waals surface area contributed by atoms with E-state index in [1.807, 2.05) is 0 Å². The van der Waals surface area contributed by atoms with E-state index in [0.717, 1.165) is 13.2 Å². The van der Waals surface area contributed by atoms with E-state index in [1.54, 1.807) is 0 Å². The molecular weight excluding hydrogens is 79.1 g/mol. The first-order valence-corrected chi connectivity index (χ1v) is 1.08. The topological polar surface area (TPSA) is 12.5 Å². The average molecular weight is 84.2 g/mol. The van der Waals surface area contributed by atoms with Crippen LogP contribution in [0.3, 0.4) is 0 Å². The Bertz CT molecular complexity index is 14.4. The van der Waals surface area contributed by atoms with Crippen LogP contribution in [0.1, 0.15) is 1.43 Å². The van der Waals surface area contributed by atoms with Crippen molar-refractivity contribution in [1.29, 1.82) is 0 Å². The van der Waals surface area contributed by atoms with Crippen molar-refractivity contribution in [2.75, 3.05) is 13.2 Å². The summed E-state index contributed by atoms with van der Waals surface area (Å²) in [5, 5.41) is 0. The fourth-order valence-electron chi connectivity index (χ4n) is 0. The molecule has 0 saturated carbocycles. The Morgan fingerprint density at radius 2 is 1.75 bits per heavy atom. The molecule has 0 N–H and O–H groups in total. The third-order valence-electron chi connectivity index (χ3n) is 0.204. The Hall–Kier alpha value is 1.60. The third kappa shape index (κ3) is 3.60. The van der Waals surface area contributed by atoms with Crippen LogP contribution in [0.2, 0.25) is 0 Å². The number of hydrogen-bond donors (Lipinski definition) is 0. The van der Waals surface area contributed by atoms with Gasteiger partial charge in [0.2, 0.25) is 0 Å². The summed E-state index contributed by atoms with van der Waals surface area (Å²) in [5.41, 5.74) is 0. The fourth-order valence-corrected chi connectivity index (χ4v) is 0. The molecule has 20 valence electrons. The molecule has 0 radical (unpaired) electrons. The number of rotatable bonds is 0. The molecule has 1 aliphatic rings. The summed E-state index contributed by atoms with van der Waals surface area (Å²) in [6.07, 6.45) is 0. The fraction of sp³-hybridized carbons (Fsp3) is 1.00.